The maximum atomic E-state index is 12.5. The molecule has 2 aliphatic rings. The number of benzene rings is 1. The highest BCUT2D eigenvalue weighted by Gasteiger charge is 2.42. The predicted octanol–water partition coefficient (Wildman–Crippen LogP) is 1.57. The van der Waals surface area contributed by atoms with Crippen LogP contribution in [0.1, 0.15) is 26.7 Å². The van der Waals surface area contributed by atoms with Crippen LogP contribution in [0.15, 0.2) is 24.3 Å². The molecule has 0 saturated carbocycles. The molecule has 1 aromatic rings. The van der Waals surface area contributed by atoms with E-state index in [1.54, 1.807) is 6.92 Å². The number of urea groups is 1. The van der Waals surface area contributed by atoms with Gasteiger partial charge in [-0.1, -0.05) is 13.3 Å². The lowest BCUT2D eigenvalue weighted by Crippen LogP contribution is -2.46. The molecule has 146 valence electrons. The number of carbonyl (C=O) groups is 3. The quantitative estimate of drug-likeness (QED) is 0.738. The molecule has 2 atom stereocenters. The van der Waals surface area contributed by atoms with Gasteiger partial charge in [0.25, 0.3) is 5.91 Å². The molecule has 0 radical (unpaired) electrons. The van der Waals surface area contributed by atoms with Crippen molar-refractivity contribution in [2.75, 3.05) is 36.5 Å². The Morgan fingerprint density at radius 2 is 1.93 bits per heavy atom. The van der Waals surface area contributed by atoms with Gasteiger partial charge < -0.3 is 20.3 Å². The molecule has 1 aromatic carbocycles. The molecule has 0 aromatic heterocycles. The lowest BCUT2D eigenvalue weighted by Gasteiger charge is -2.29. The predicted molar refractivity (Wildman–Crippen MR) is 102 cm³/mol. The van der Waals surface area contributed by atoms with Gasteiger partial charge in [-0.3, -0.25) is 14.5 Å². The third-order valence-corrected chi connectivity index (χ3v) is 4.91. The van der Waals surface area contributed by atoms with Gasteiger partial charge in [-0.05, 0) is 37.6 Å². The number of ether oxygens (including phenoxy) is 1. The van der Waals surface area contributed by atoms with E-state index in [-0.39, 0.29) is 5.91 Å². The van der Waals surface area contributed by atoms with E-state index in [1.165, 1.54) is 0 Å². The van der Waals surface area contributed by atoms with Crippen molar-refractivity contribution in [2.45, 2.75) is 38.8 Å². The fraction of sp³-hybridized carbons (Fsp3) is 0.526. The average Bonchev–Trinajstić information content (AvgIpc) is 2.96. The number of nitrogens with zero attached hydrogens (tertiary/aromatic N) is 2. The maximum Gasteiger partial charge on any atom is 0.325 e. The highest BCUT2D eigenvalue weighted by atomic mass is 16.5. The largest absolute Gasteiger partial charge is 0.378 e. The van der Waals surface area contributed by atoms with E-state index in [0.29, 0.717) is 25.3 Å². The molecule has 0 spiro atoms. The van der Waals surface area contributed by atoms with Crippen molar-refractivity contribution in [2.24, 2.45) is 0 Å². The summed E-state index contributed by atoms with van der Waals surface area (Å²) in [5.41, 5.74) is 1.70. The maximum absolute atomic E-state index is 12.5. The summed E-state index contributed by atoms with van der Waals surface area (Å²) in [4.78, 5) is 40.2. The molecule has 0 bridgehead atoms. The SMILES string of the molecule is CCC[C@@H]1NC(=O)N([C@H](C)C(=O)Nc2ccc(N3CCOCC3)cc2)C1=O. The molecule has 2 N–H and O–H groups in total. The van der Waals surface area contributed by atoms with Crippen molar-refractivity contribution in [1.29, 1.82) is 0 Å². The van der Waals surface area contributed by atoms with Gasteiger partial charge in [0.2, 0.25) is 5.91 Å². The number of hydrogen-bond donors (Lipinski definition) is 2. The Bertz CT molecular complexity index is 700. The van der Waals surface area contributed by atoms with Gasteiger partial charge >= 0.3 is 6.03 Å². The van der Waals surface area contributed by atoms with E-state index in [0.717, 1.165) is 30.1 Å². The van der Waals surface area contributed by atoms with Crippen molar-refractivity contribution in [3.05, 3.63) is 24.3 Å². The first-order chi connectivity index (χ1) is 13.0. The van der Waals surface area contributed by atoms with Gasteiger partial charge in [-0.25, -0.2) is 4.79 Å². The standard InChI is InChI=1S/C19H26N4O4/c1-3-4-16-18(25)23(19(26)21-16)13(2)17(24)20-14-5-7-15(8-6-14)22-9-11-27-12-10-22/h5-8,13,16H,3-4,9-12H2,1-2H3,(H,20,24)(H,21,26)/t13-,16+/m1/s1. The van der Waals surface area contributed by atoms with Crippen molar-refractivity contribution in [3.63, 3.8) is 0 Å². The van der Waals surface area contributed by atoms with Crippen LogP contribution in [0.5, 0.6) is 0 Å². The van der Waals surface area contributed by atoms with Gasteiger partial charge in [-0.2, -0.15) is 0 Å². The Labute approximate surface area is 158 Å². The van der Waals surface area contributed by atoms with E-state index < -0.39 is 24.0 Å². The van der Waals surface area contributed by atoms with Crippen LogP contribution in [0.2, 0.25) is 0 Å². The Morgan fingerprint density at radius 1 is 1.26 bits per heavy atom. The third kappa shape index (κ3) is 4.21. The van der Waals surface area contributed by atoms with E-state index >= 15 is 0 Å². The minimum atomic E-state index is -0.877. The van der Waals surface area contributed by atoms with Crippen molar-refractivity contribution in [3.8, 4) is 0 Å². The lowest BCUT2D eigenvalue weighted by molar-refractivity contribution is -0.133. The number of morpholine rings is 1. The van der Waals surface area contributed by atoms with Crippen LogP contribution in [-0.2, 0) is 14.3 Å². The van der Waals surface area contributed by atoms with Gasteiger partial charge in [0.15, 0.2) is 0 Å². The second-order valence-electron chi connectivity index (χ2n) is 6.81. The number of anilines is 2. The highest BCUT2D eigenvalue weighted by Crippen LogP contribution is 2.20. The first kappa shape index (κ1) is 19.2. The molecular formula is C19H26N4O4. The molecule has 0 aliphatic carbocycles. The van der Waals surface area contributed by atoms with Crippen molar-refractivity contribution >= 4 is 29.2 Å². The second-order valence-corrected chi connectivity index (χ2v) is 6.81. The molecule has 3 rings (SSSR count). The van der Waals surface area contributed by atoms with Crippen LogP contribution < -0.4 is 15.5 Å². The van der Waals surface area contributed by atoms with Crippen molar-refractivity contribution < 1.29 is 19.1 Å². The number of amides is 4. The summed E-state index contributed by atoms with van der Waals surface area (Å²) in [5, 5.41) is 5.42. The van der Waals surface area contributed by atoms with E-state index in [9.17, 15) is 14.4 Å². The summed E-state index contributed by atoms with van der Waals surface area (Å²) in [6.45, 7) is 6.60. The fourth-order valence-corrected chi connectivity index (χ4v) is 3.34. The zero-order chi connectivity index (χ0) is 19.4. The summed E-state index contributed by atoms with van der Waals surface area (Å²) in [5.74, 6) is -0.734. The molecule has 2 saturated heterocycles. The van der Waals surface area contributed by atoms with E-state index in [1.807, 2.05) is 31.2 Å². The lowest BCUT2D eigenvalue weighted by atomic mass is 10.1. The minimum absolute atomic E-state index is 0.341. The average molecular weight is 374 g/mol. The molecule has 2 heterocycles. The molecular weight excluding hydrogens is 348 g/mol. The zero-order valence-corrected chi connectivity index (χ0v) is 15.7. The van der Waals surface area contributed by atoms with E-state index in [2.05, 4.69) is 15.5 Å². The highest BCUT2D eigenvalue weighted by molar-refractivity contribution is 6.09. The molecule has 4 amide bonds. The topological polar surface area (TPSA) is 91.0 Å². The van der Waals surface area contributed by atoms with Crippen LogP contribution in [0, 0.1) is 0 Å². The zero-order valence-electron chi connectivity index (χ0n) is 15.7. The normalized spacial score (nSPS) is 21.2. The molecule has 0 unspecified atom stereocenters. The van der Waals surface area contributed by atoms with Gasteiger partial charge in [0.1, 0.15) is 12.1 Å². The summed E-state index contributed by atoms with van der Waals surface area (Å²) in [6.07, 6.45) is 1.35. The first-order valence-electron chi connectivity index (χ1n) is 9.38. The second kappa shape index (κ2) is 8.39. The molecule has 2 aliphatic heterocycles. The summed E-state index contributed by atoms with van der Waals surface area (Å²) in [7, 11) is 0. The number of nitrogens with one attached hydrogen (secondary N) is 2. The first-order valence-corrected chi connectivity index (χ1v) is 9.38. The molecule has 8 nitrogen and oxygen atoms in total. The van der Waals surface area contributed by atoms with E-state index in [4.69, 9.17) is 4.74 Å². The number of hydrogen-bond acceptors (Lipinski definition) is 5. The van der Waals surface area contributed by atoms with Crippen molar-refractivity contribution in [1.82, 2.24) is 10.2 Å². The summed E-state index contributed by atoms with van der Waals surface area (Å²) >= 11 is 0. The minimum Gasteiger partial charge on any atom is -0.378 e. The van der Waals surface area contributed by atoms with Crippen LogP contribution >= 0.6 is 0 Å². The Hall–Kier alpha value is -2.61. The Kier molecular flexibility index (Phi) is 5.95. The van der Waals surface area contributed by atoms with Crippen LogP contribution in [0.3, 0.4) is 0 Å². The smallest absolute Gasteiger partial charge is 0.325 e. The number of imide groups is 1. The third-order valence-electron chi connectivity index (χ3n) is 4.91. The fourth-order valence-electron chi connectivity index (χ4n) is 3.34. The molecule has 2 fully saturated rings. The van der Waals surface area contributed by atoms with Crippen LogP contribution in [-0.4, -0.2) is 61.1 Å². The Balaban J connectivity index is 1.61. The van der Waals surface area contributed by atoms with Gasteiger partial charge in [0, 0.05) is 24.5 Å². The van der Waals surface area contributed by atoms with Crippen LogP contribution in [0.4, 0.5) is 16.2 Å². The van der Waals surface area contributed by atoms with Gasteiger partial charge in [-0.15, -0.1) is 0 Å². The van der Waals surface area contributed by atoms with Crippen LogP contribution in [0.25, 0.3) is 0 Å². The molecule has 8 heteroatoms. The summed E-state index contributed by atoms with van der Waals surface area (Å²) < 4.78 is 5.35. The monoisotopic (exact) mass is 374 g/mol. The van der Waals surface area contributed by atoms with Gasteiger partial charge in [0.05, 0.1) is 13.2 Å². The summed E-state index contributed by atoms with van der Waals surface area (Å²) in [6, 6.07) is 5.60. The number of rotatable bonds is 6. The molecule has 27 heavy (non-hydrogen) atoms. The number of carbonyl (C=O) groups excluding carboxylic acids is 3. The Morgan fingerprint density at radius 3 is 2.56 bits per heavy atom.